The van der Waals surface area contributed by atoms with Crippen molar-refractivity contribution in [2.45, 2.75) is 129 Å². The maximum absolute atomic E-state index is 2.38. The van der Waals surface area contributed by atoms with E-state index in [9.17, 15) is 0 Å². The van der Waals surface area contributed by atoms with E-state index in [1.165, 1.54) is 109 Å². The number of unbranched alkanes of at least 4 members (excludes halogenated alkanes) is 15. The van der Waals surface area contributed by atoms with Crippen molar-refractivity contribution in [3.05, 3.63) is 24.3 Å². The van der Waals surface area contributed by atoms with E-state index in [1.54, 1.807) is 0 Å². The molecule has 24 heavy (non-hydrogen) atoms. The summed E-state index contributed by atoms with van der Waals surface area (Å²) in [7, 11) is 0. The molecule has 142 valence electrons. The molecule has 0 N–H and O–H groups in total. The largest absolute Gasteiger partial charge is 0.0882 e. The number of rotatable bonds is 19. The zero-order valence-electron chi connectivity index (χ0n) is 17.0. The van der Waals surface area contributed by atoms with Crippen LogP contribution >= 0.6 is 0 Å². The van der Waals surface area contributed by atoms with Crippen LogP contribution in [0.15, 0.2) is 24.3 Å². The average molecular weight is 335 g/mol. The highest BCUT2D eigenvalue weighted by Crippen LogP contribution is 2.12. The van der Waals surface area contributed by atoms with Gasteiger partial charge in [0.2, 0.25) is 0 Å². The smallest absolute Gasteiger partial charge is 0.0169 e. The molecule has 0 unspecified atom stereocenters. The molecule has 0 aliphatic heterocycles. The average Bonchev–Trinajstić information content (AvgIpc) is 2.60. The summed E-state index contributed by atoms with van der Waals surface area (Å²) in [6.45, 7) is 4.56. The summed E-state index contributed by atoms with van der Waals surface area (Å²) >= 11 is 0. The minimum atomic E-state index is 1.13. The minimum Gasteiger partial charge on any atom is -0.0882 e. The van der Waals surface area contributed by atoms with Crippen LogP contribution in [0.25, 0.3) is 0 Å². The molecular weight excluding hydrogens is 288 g/mol. The summed E-state index contributed by atoms with van der Waals surface area (Å²) in [6.07, 6.45) is 34.4. The summed E-state index contributed by atoms with van der Waals surface area (Å²) in [5.41, 5.74) is 0. The Kier molecular flexibility index (Phi) is 22.0. The molecule has 0 aliphatic carbocycles. The van der Waals surface area contributed by atoms with E-state index < -0.39 is 0 Å². The lowest BCUT2D eigenvalue weighted by atomic mass is 10.0. The van der Waals surface area contributed by atoms with E-state index >= 15 is 0 Å². The van der Waals surface area contributed by atoms with Crippen molar-refractivity contribution in [2.24, 2.45) is 0 Å². The molecule has 0 heteroatoms. The van der Waals surface area contributed by atoms with Crippen molar-refractivity contribution in [3.63, 3.8) is 0 Å². The van der Waals surface area contributed by atoms with Crippen LogP contribution < -0.4 is 0 Å². The van der Waals surface area contributed by atoms with Crippen molar-refractivity contribution in [2.75, 3.05) is 0 Å². The van der Waals surface area contributed by atoms with Crippen LogP contribution in [0.2, 0.25) is 0 Å². The van der Waals surface area contributed by atoms with Crippen molar-refractivity contribution in [3.8, 4) is 0 Å². The summed E-state index contributed by atoms with van der Waals surface area (Å²) in [5.74, 6) is 0. The van der Waals surface area contributed by atoms with E-state index in [0.717, 1.165) is 6.42 Å². The normalized spacial score (nSPS) is 11.9. The third-order valence-corrected chi connectivity index (χ3v) is 4.80. The predicted molar refractivity (Wildman–Crippen MR) is 113 cm³/mol. The highest BCUT2D eigenvalue weighted by atomic mass is 14.0. The maximum atomic E-state index is 2.38. The van der Waals surface area contributed by atoms with Crippen LogP contribution in [0.3, 0.4) is 0 Å². The number of hydrogen-bond donors (Lipinski definition) is 0. The molecule has 0 atom stereocenters. The molecule has 0 aromatic rings. The Morgan fingerprint density at radius 1 is 0.375 bits per heavy atom. The van der Waals surface area contributed by atoms with Gasteiger partial charge in [-0.25, -0.2) is 0 Å². The van der Waals surface area contributed by atoms with E-state index in [0.29, 0.717) is 0 Å². The predicted octanol–water partition coefficient (Wildman–Crippen LogP) is 9.16. The van der Waals surface area contributed by atoms with Gasteiger partial charge < -0.3 is 0 Å². The lowest BCUT2D eigenvalue weighted by Gasteiger charge is -2.02. The molecule has 0 aliphatic rings. The van der Waals surface area contributed by atoms with Crippen LogP contribution in [-0.2, 0) is 0 Å². The molecule has 0 aromatic carbocycles. The Labute approximate surface area is 154 Å². The molecule has 0 aromatic heterocycles. The highest BCUT2D eigenvalue weighted by Gasteiger charge is 1.92. The first kappa shape index (κ1) is 23.5. The molecule has 0 bridgehead atoms. The van der Waals surface area contributed by atoms with Crippen molar-refractivity contribution in [1.82, 2.24) is 0 Å². The monoisotopic (exact) mass is 334 g/mol. The molecule has 0 spiro atoms. The van der Waals surface area contributed by atoms with Gasteiger partial charge in [-0.15, -0.1) is 0 Å². The topological polar surface area (TPSA) is 0 Å². The molecule has 0 heterocycles. The molecule has 0 saturated heterocycles. The van der Waals surface area contributed by atoms with Gasteiger partial charge in [-0.05, 0) is 32.1 Å². The second-order valence-electron chi connectivity index (χ2n) is 7.35. The second-order valence-corrected chi connectivity index (χ2v) is 7.35. The quantitative estimate of drug-likeness (QED) is 0.163. The van der Waals surface area contributed by atoms with Crippen LogP contribution in [0.5, 0.6) is 0 Å². The molecule has 0 fully saturated rings. The van der Waals surface area contributed by atoms with Gasteiger partial charge in [0.1, 0.15) is 0 Å². The van der Waals surface area contributed by atoms with Crippen molar-refractivity contribution in [1.29, 1.82) is 0 Å². The first-order valence-corrected chi connectivity index (χ1v) is 11.2. The van der Waals surface area contributed by atoms with E-state index in [4.69, 9.17) is 0 Å². The van der Waals surface area contributed by atoms with Crippen LogP contribution in [0.4, 0.5) is 0 Å². The van der Waals surface area contributed by atoms with Crippen LogP contribution in [0.1, 0.15) is 129 Å². The number of allylic oxidation sites excluding steroid dienone is 4. The Hall–Kier alpha value is -0.520. The van der Waals surface area contributed by atoms with E-state index in [1.807, 2.05) is 0 Å². The summed E-state index contributed by atoms with van der Waals surface area (Å²) in [5, 5.41) is 0. The Bertz CT molecular complexity index is 261. The molecular formula is C24H46. The van der Waals surface area contributed by atoms with Crippen molar-refractivity contribution < 1.29 is 0 Å². The Morgan fingerprint density at radius 3 is 1.17 bits per heavy atom. The second kappa shape index (κ2) is 22.5. The highest BCUT2D eigenvalue weighted by molar-refractivity contribution is 4.92. The standard InChI is InChI=1S/C24H46/c1-3-5-7-9-11-13-15-17-19-21-23-24-22-20-18-16-14-12-10-8-6-4-2/h11,13,17,19H,3-10,12,14-16,18,20-24H2,1-2H3. The van der Waals surface area contributed by atoms with Crippen molar-refractivity contribution >= 4 is 0 Å². The fourth-order valence-electron chi connectivity index (χ4n) is 3.12. The Morgan fingerprint density at radius 2 is 0.708 bits per heavy atom. The van der Waals surface area contributed by atoms with Gasteiger partial charge in [0.25, 0.3) is 0 Å². The minimum absolute atomic E-state index is 1.13. The molecule has 0 amide bonds. The Balaban J connectivity index is 3.10. The van der Waals surface area contributed by atoms with Gasteiger partial charge in [0.15, 0.2) is 0 Å². The van der Waals surface area contributed by atoms with Gasteiger partial charge in [-0.2, -0.15) is 0 Å². The molecule has 0 saturated carbocycles. The first-order chi connectivity index (χ1) is 11.9. The van der Waals surface area contributed by atoms with Gasteiger partial charge in [-0.3, -0.25) is 0 Å². The lowest BCUT2D eigenvalue weighted by Crippen LogP contribution is -1.82. The van der Waals surface area contributed by atoms with Crippen LogP contribution in [-0.4, -0.2) is 0 Å². The fraction of sp³-hybridized carbons (Fsp3) is 0.833. The van der Waals surface area contributed by atoms with Gasteiger partial charge >= 0.3 is 0 Å². The zero-order chi connectivity index (χ0) is 17.6. The molecule has 0 rings (SSSR count). The van der Waals surface area contributed by atoms with Gasteiger partial charge in [0.05, 0.1) is 0 Å². The third-order valence-electron chi connectivity index (χ3n) is 4.80. The third kappa shape index (κ3) is 21.5. The van der Waals surface area contributed by atoms with Crippen LogP contribution in [0, 0.1) is 0 Å². The molecule has 0 nitrogen and oxygen atoms in total. The SMILES string of the molecule is CCCCCC=CCC=CCCCCCCCCCCCCCC. The maximum Gasteiger partial charge on any atom is -0.0169 e. The van der Waals surface area contributed by atoms with Gasteiger partial charge in [0, 0.05) is 0 Å². The lowest BCUT2D eigenvalue weighted by molar-refractivity contribution is 0.545. The summed E-state index contributed by atoms with van der Waals surface area (Å²) < 4.78 is 0. The first-order valence-electron chi connectivity index (χ1n) is 11.2. The number of hydrogen-bond acceptors (Lipinski definition) is 0. The van der Waals surface area contributed by atoms with E-state index in [2.05, 4.69) is 38.2 Å². The zero-order valence-corrected chi connectivity index (χ0v) is 17.0. The van der Waals surface area contributed by atoms with E-state index in [-0.39, 0.29) is 0 Å². The summed E-state index contributed by atoms with van der Waals surface area (Å²) in [6, 6.07) is 0. The molecule has 0 radical (unpaired) electrons. The fourth-order valence-corrected chi connectivity index (χ4v) is 3.12. The van der Waals surface area contributed by atoms with Gasteiger partial charge in [-0.1, -0.05) is 122 Å². The summed E-state index contributed by atoms with van der Waals surface area (Å²) in [4.78, 5) is 0.